The second-order valence-electron chi connectivity index (χ2n) is 14.3. The van der Waals surface area contributed by atoms with Gasteiger partial charge in [-0.3, -0.25) is 28.8 Å². The average molecular weight is 726 g/mol. The van der Waals surface area contributed by atoms with Crippen LogP contribution in [-0.4, -0.2) is 98.9 Å². The maximum absolute atomic E-state index is 14.6. The standard InChI is InChI=1S/C39H47N7O7/c1-22-34(48)42-28-16-10-15-27(28)35(49)44-33(23(2)47)38(52)43-29(19-24-11-6-4-7-12-24)39(53)46-21-26(20-32(46)37(51)40-22)41-36(50)31-18-17-30(45(31)3)25-13-8-5-9-14-25/h4-9,11-14,17-18,22-23,26-29,32-33,47H,10,15-16,19-21H2,1-3H3,(H,40,51)(H,41,50)(H,42,48)(H,43,52)(H,44,49)/t22-,23+,26+,27+,28+,29-,32-,33-/m0/s1. The highest BCUT2D eigenvalue weighted by Crippen LogP contribution is 2.27. The van der Waals surface area contributed by atoms with E-state index >= 15 is 0 Å². The average Bonchev–Trinajstić information content (AvgIpc) is 3.88. The van der Waals surface area contributed by atoms with Crippen molar-refractivity contribution in [2.45, 2.75) is 88.3 Å². The van der Waals surface area contributed by atoms with E-state index in [1.165, 1.54) is 18.7 Å². The van der Waals surface area contributed by atoms with Gasteiger partial charge in [0.15, 0.2) is 0 Å². The Kier molecular flexibility index (Phi) is 11.3. The Morgan fingerprint density at radius 2 is 1.55 bits per heavy atom. The number of benzene rings is 2. The summed E-state index contributed by atoms with van der Waals surface area (Å²) in [7, 11) is 1.79. The number of amides is 6. The number of aliphatic hydroxyl groups is 1. The fraction of sp³-hybridized carbons (Fsp3) is 0.436. The quantitative estimate of drug-likeness (QED) is 0.217. The number of carbonyl (C=O) groups excluding carboxylic acids is 6. The lowest BCUT2D eigenvalue weighted by Gasteiger charge is -2.32. The molecular weight excluding hydrogens is 678 g/mol. The highest BCUT2D eigenvalue weighted by molar-refractivity contribution is 5.98. The first kappa shape index (κ1) is 37.3. The lowest BCUT2D eigenvalue weighted by Crippen LogP contribution is -2.61. The summed E-state index contributed by atoms with van der Waals surface area (Å²) < 4.78 is 1.78. The molecule has 2 aromatic carbocycles. The monoisotopic (exact) mass is 725 g/mol. The number of carbonyl (C=O) groups is 6. The van der Waals surface area contributed by atoms with Gasteiger partial charge in [-0.1, -0.05) is 67.1 Å². The summed E-state index contributed by atoms with van der Waals surface area (Å²) in [5.74, 6) is -4.02. The Bertz CT molecular complexity index is 1850. The first-order valence-electron chi connectivity index (χ1n) is 18.2. The van der Waals surface area contributed by atoms with E-state index in [-0.39, 0.29) is 19.4 Å². The number of aromatic nitrogens is 1. The lowest BCUT2D eigenvalue weighted by atomic mass is 10.00. The third-order valence-electron chi connectivity index (χ3n) is 10.5. The first-order valence-corrected chi connectivity index (χ1v) is 18.2. The molecule has 1 aliphatic carbocycles. The maximum Gasteiger partial charge on any atom is 0.268 e. The van der Waals surface area contributed by atoms with Crippen LogP contribution < -0.4 is 26.6 Å². The Morgan fingerprint density at radius 3 is 2.25 bits per heavy atom. The molecule has 3 heterocycles. The van der Waals surface area contributed by atoms with Crippen LogP contribution in [0.25, 0.3) is 11.3 Å². The van der Waals surface area contributed by atoms with Crippen molar-refractivity contribution in [2.24, 2.45) is 13.0 Å². The Balaban J connectivity index is 1.31. The van der Waals surface area contributed by atoms with Crippen LogP contribution in [0.5, 0.6) is 0 Å². The van der Waals surface area contributed by atoms with Gasteiger partial charge in [-0.25, -0.2) is 0 Å². The molecule has 14 nitrogen and oxygen atoms in total. The molecule has 53 heavy (non-hydrogen) atoms. The molecule has 2 aliphatic heterocycles. The lowest BCUT2D eigenvalue weighted by molar-refractivity contribution is -0.143. The number of aliphatic hydroxyl groups excluding tert-OH is 1. The zero-order chi connectivity index (χ0) is 37.8. The summed E-state index contributed by atoms with van der Waals surface area (Å²) in [5, 5.41) is 24.7. The van der Waals surface area contributed by atoms with Crippen molar-refractivity contribution in [3.8, 4) is 11.3 Å². The van der Waals surface area contributed by atoms with Crippen molar-refractivity contribution in [3.63, 3.8) is 0 Å². The van der Waals surface area contributed by atoms with Gasteiger partial charge in [0, 0.05) is 37.8 Å². The van der Waals surface area contributed by atoms with Crippen LogP contribution in [0, 0.1) is 5.92 Å². The molecule has 0 radical (unpaired) electrons. The summed E-state index contributed by atoms with van der Waals surface area (Å²) in [6.07, 6.45) is 0.421. The van der Waals surface area contributed by atoms with E-state index in [0.717, 1.165) is 16.8 Å². The normalized spacial score (nSPS) is 27.5. The van der Waals surface area contributed by atoms with Gasteiger partial charge in [0.25, 0.3) is 5.91 Å². The largest absolute Gasteiger partial charge is 0.391 e. The molecule has 1 saturated carbocycles. The van der Waals surface area contributed by atoms with Crippen molar-refractivity contribution in [2.75, 3.05) is 6.54 Å². The van der Waals surface area contributed by atoms with E-state index in [2.05, 4.69) is 26.6 Å². The fourth-order valence-corrected chi connectivity index (χ4v) is 7.64. The molecule has 0 bridgehead atoms. The SMILES string of the molecule is C[C@@H]1NC(=O)[C@@H]2C[C@@H](NC(=O)c3ccc(-c4ccccc4)n3C)CN2C(=O)[C@H](Cc2ccccc2)NC(=O)[C@H]([C@@H](C)O)NC(=O)[C@@H]2CCC[C@H]2NC1=O. The number of rotatable bonds is 6. The predicted octanol–water partition coefficient (Wildman–Crippen LogP) is 0.788. The second-order valence-corrected chi connectivity index (χ2v) is 14.3. The smallest absolute Gasteiger partial charge is 0.268 e. The molecule has 6 amide bonds. The van der Waals surface area contributed by atoms with Crippen molar-refractivity contribution < 1.29 is 33.9 Å². The maximum atomic E-state index is 14.6. The molecule has 1 aromatic heterocycles. The molecule has 6 N–H and O–H groups in total. The second kappa shape index (κ2) is 16.0. The van der Waals surface area contributed by atoms with Gasteiger partial charge >= 0.3 is 0 Å². The van der Waals surface area contributed by atoms with Crippen molar-refractivity contribution in [1.82, 2.24) is 36.1 Å². The van der Waals surface area contributed by atoms with Gasteiger partial charge in [0.1, 0.15) is 29.9 Å². The molecule has 3 fully saturated rings. The molecule has 14 heteroatoms. The molecule has 8 atom stereocenters. The number of fused-ring (bicyclic) bond motifs is 2. The summed E-state index contributed by atoms with van der Waals surface area (Å²) in [4.78, 5) is 84.1. The van der Waals surface area contributed by atoms with Crippen LogP contribution in [0.15, 0.2) is 72.8 Å². The molecule has 280 valence electrons. The molecule has 3 aromatic rings. The number of nitrogens with zero attached hydrogens (tertiary/aromatic N) is 2. The van der Waals surface area contributed by atoms with Crippen LogP contribution in [0.3, 0.4) is 0 Å². The van der Waals surface area contributed by atoms with Crippen molar-refractivity contribution in [1.29, 1.82) is 0 Å². The summed E-state index contributed by atoms with van der Waals surface area (Å²) >= 11 is 0. The van der Waals surface area contributed by atoms with Crippen LogP contribution >= 0.6 is 0 Å². The highest BCUT2D eigenvalue weighted by Gasteiger charge is 2.45. The van der Waals surface area contributed by atoms with Gasteiger partial charge < -0.3 is 41.2 Å². The third kappa shape index (κ3) is 8.27. The summed E-state index contributed by atoms with van der Waals surface area (Å²) in [6.45, 7) is 2.85. The van der Waals surface area contributed by atoms with E-state index in [4.69, 9.17) is 0 Å². The van der Waals surface area contributed by atoms with Crippen LogP contribution in [-0.2, 0) is 37.4 Å². The zero-order valence-corrected chi connectivity index (χ0v) is 30.1. The molecule has 0 unspecified atom stereocenters. The zero-order valence-electron chi connectivity index (χ0n) is 30.1. The van der Waals surface area contributed by atoms with Gasteiger partial charge in [-0.05, 0) is 56.4 Å². The van der Waals surface area contributed by atoms with Crippen molar-refractivity contribution >= 4 is 35.4 Å². The summed E-state index contributed by atoms with van der Waals surface area (Å²) in [6, 6.07) is 16.3. The number of hydrogen-bond acceptors (Lipinski definition) is 7. The molecule has 0 spiro atoms. The van der Waals surface area contributed by atoms with E-state index in [0.29, 0.717) is 25.0 Å². The predicted molar refractivity (Wildman–Crippen MR) is 195 cm³/mol. The van der Waals surface area contributed by atoms with E-state index < -0.39 is 83.7 Å². The Morgan fingerprint density at radius 1 is 0.849 bits per heavy atom. The number of nitrogens with one attached hydrogen (secondary N) is 5. The molecule has 3 aliphatic rings. The Hall–Kier alpha value is -5.50. The van der Waals surface area contributed by atoms with E-state index in [1.807, 2.05) is 42.5 Å². The van der Waals surface area contributed by atoms with Gasteiger partial charge in [0.2, 0.25) is 29.5 Å². The first-order chi connectivity index (χ1) is 25.4. The minimum Gasteiger partial charge on any atom is -0.391 e. The topological polar surface area (TPSA) is 191 Å². The number of hydrogen-bond donors (Lipinski definition) is 6. The van der Waals surface area contributed by atoms with Gasteiger partial charge in [-0.15, -0.1) is 0 Å². The van der Waals surface area contributed by atoms with Gasteiger partial charge in [0.05, 0.1) is 12.0 Å². The Labute approximate surface area is 308 Å². The molecule has 2 saturated heterocycles. The van der Waals surface area contributed by atoms with Crippen LogP contribution in [0.1, 0.15) is 55.6 Å². The minimum absolute atomic E-state index is 0.0445. The van der Waals surface area contributed by atoms with E-state index in [9.17, 15) is 33.9 Å². The van der Waals surface area contributed by atoms with E-state index in [1.54, 1.807) is 41.9 Å². The van der Waals surface area contributed by atoms with Crippen LogP contribution in [0.2, 0.25) is 0 Å². The minimum atomic E-state index is -1.40. The van der Waals surface area contributed by atoms with Crippen LogP contribution in [0.4, 0.5) is 0 Å². The fourth-order valence-electron chi connectivity index (χ4n) is 7.64. The van der Waals surface area contributed by atoms with Gasteiger partial charge in [-0.2, -0.15) is 0 Å². The highest BCUT2D eigenvalue weighted by atomic mass is 16.3. The summed E-state index contributed by atoms with van der Waals surface area (Å²) in [5.41, 5.74) is 2.88. The third-order valence-corrected chi connectivity index (χ3v) is 10.5. The molecular formula is C39H47N7O7. The van der Waals surface area contributed by atoms with Crippen molar-refractivity contribution in [3.05, 3.63) is 84.1 Å². The molecule has 6 rings (SSSR count).